The number of aliphatic hydroxyl groups is 1. The third-order valence-electron chi connectivity index (χ3n) is 7.71. The Balaban J connectivity index is 1.28. The van der Waals surface area contributed by atoms with Gasteiger partial charge >= 0.3 is 0 Å². The summed E-state index contributed by atoms with van der Waals surface area (Å²) >= 11 is 0. The summed E-state index contributed by atoms with van der Waals surface area (Å²) in [5.41, 5.74) is 1.71. The smallest absolute Gasteiger partial charge is 0.271 e. The molecule has 2 aliphatic heterocycles. The Morgan fingerprint density at radius 1 is 1.18 bits per heavy atom. The largest absolute Gasteiger partial charge is 0.479 e. The summed E-state index contributed by atoms with van der Waals surface area (Å²) in [5.74, 6) is 0.709. The molecule has 3 atom stereocenters. The van der Waals surface area contributed by atoms with Crippen LogP contribution in [0.25, 0.3) is 0 Å². The maximum Gasteiger partial charge on any atom is 0.271 e. The Morgan fingerprint density at radius 2 is 1.92 bits per heavy atom. The Labute approximate surface area is 222 Å². The van der Waals surface area contributed by atoms with Gasteiger partial charge in [-0.05, 0) is 35.4 Å². The molecule has 0 aliphatic carbocycles. The van der Waals surface area contributed by atoms with Crippen molar-refractivity contribution in [2.45, 2.75) is 57.1 Å². The maximum atomic E-state index is 13.7. The number of methoxy groups -OCH3 is 1. The molecule has 38 heavy (non-hydrogen) atoms. The molecule has 10 nitrogen and oxygen atoms in total. The van der Waals surface area contributed by atoms with Crippen LogP contribution in [-0.4, -0.2) is 74.7 Å². The van der Waals surface area contributed by atoms with Crippen LogP contribution in [0.4, 0.5) is 0 Å². The third-order valence-corrected chi connectivity index (χ3v) is 7.71. The van der Waals surface area contributed by atoms with Crippen molar-refractivity contribution in [3.63, 3.8) is 0 Å². The lowest BCUT2D eigenvalue weighted by Gasteiger charge is -2.32. The Bertz CT molecular complexity index is 1250. The highest BCUT2D eigenvalue weighted by atomic mass is 16.5. The Hall–Kier alpha value is -3.66. The molecule has 4 heterocycles. The molecule has 5 rings (SSSR count). The highest BCUT2D eigenvalue weighted by Crippen LogP contribution is 2.37. The minimum absolute atomic E-state index is 0.0777. The van der Waals surface area contributed by atoms with Crippen LogP contribution in [0.3, 0.4) is 0 Å². The number of benzene rings is 1. The topological polar surface area (TPSA) is 125 Å². The monoisotopic (exact) mass is 521 g/mol. The quantitative estimate of drug-likeness (QED) is 0.488. The number of nitrogens with one attached hydrogen (secondary N) is 1. The molecule has 0 radical (unpaired) electrons. The van der Waals surface area contributed by atoms with Crippen molar-refractivity contribution >= 4 is 11.8 Å². The number of aromatic nitrogens is 3. The van der Waals surface area contributed by atoms with E-state index in [4.69, 9.17) is 9.26 Å². The van der Waals surface area contributed by atoms with E-state index >= 15 is 0 Å². The lowest BCUT2D eigenvalue weighted by molar-refractivity contribution is -0.135. The van der Waals surface area contributed by atoms with E-state index in [0.29, 0.717) is 48.6 Å². The minimum Gasteiger partial charge on any atom is -0.479 e. The average molecular weight is 522 g/mol. The molecule has 0 bridgehead atoms. The van der Waals surface area contributed by atoms with Gasteiger partial charge in [-0.2, -0.15) is 0 Å². The summed E-state index contributed by atoms with van der Waals surface area (Å²) in [6, 6.07) is 11.6. The van der Waals surface area contributed by atoms with Gasteiger partial charge in [0.05, 0.1) is 25.5 Å². The summed E-state index contributed by atoms with van der Waals surface area (Å²) in [7, 11) is 1.49. The standard InChI is InChI=1S/C28H35N5O5/c1-17(2)25(23-14-24(37-3)31-38-23)28(36)33-16-20(34)13-22(33)26-29-15-21(30-26)27(35)32-11-9-19(10-12-32)18-7-5-4-6-8-18/h4-8,14-15,17,19-20,22,25,34H,9-13,16H2,1-3H3,(H,29,30)/t20-,22+,25?/m1/s1. The van der Waals surface area contributed by atoms with Crippen molar-refractivity contribution in [3.05, 3.63) is 65.4 Å². The summed E-state index contributed by atoms with van der Waals surface area (Å²) in [6.07, 6.45) is 3.01. The minimum atomic E-state index is -0.692. The molecule has 2 aliphatic rings. The third kappa shape index (κ3) is 5.18. The zero-order chi connectivity index (χ0) is 26.8. The van der Waals surface area contributed by atoms with E-state index in [9.17, 15) is 14.7 Å². The first kappa shape index (κ1) is 26.0. The number of amides is 2. The van der Waals surface area contributed by atoms with E-state index in [0.717, 1.165) is 12.8 Å². The number of rotatable bonds is 7. The van der Waals surface area contributed by atoms with Crippen molar-refractivity contribution in [3.8, 4) is 5.88 Å². The molecule has 3 aromatic rings. The van der Waals surface area contributed by atoms with Crippen LogP contribution in [0.1, 0.15) is 78.6 Å². The van der Waals surface area contributed by atoms with E-state index in [1.54, 1.807) is 11.0 Å². The van der Waals surface area contributed by atoms with Crippen LogP contribution in [-0.2, 0) is 4.79 Å². The molecule has 2 amide bonds. The molecule has 202 valence electrons. The molecule has 0 saturated carbocycles. The second-order valence-electron chi connectivity index (χ2n) is 10.5. The second-order valence-corrected chi connectivity index (χ2v) is 10.5. The number of hydrogen-bond acceptors (Lipinski definition) is 7. The van der Waals surface area contributed by atoms with Crippen molar-refractivity contribution < 1.29 is 24.0 Å². The molecule has 2 fully saturated rings. The number of imidazole rings is 1. The lowest BCUT2D eigenvalue weighted by atomic mass is 9.89. The lowest BCUT2D eigenvalue weighted by Crippen LogP contribution is -2.38. The summed E-state index contributed by atoms with van der Waals surface area (Å²) < 4.78 is 10.5. The van der Waals surface area contributed by atoms with E-state index < -0.39 is 18.1 Å². The van der Waals surface area contributed by atoms with Gasteiger partial charge in [-0.1, -0.05) is 44.2 Å². The van der Waals surface area contributed by atoms with Gasteiger partial charge in [0.2, 0.25) is 5.91 Å². The van der Waals surface area contributed by atoms with Gasteiger partial charge in [0.15, 0.2) is 5.76 Å². The van der Waals surface area contributed by atoms with Crippen molar-refractivity contribution in [2.24, 2.45) is 5.92 Å². The van der Waals surface area contributed by atoms with Gasteiger partial charge in [-0.3, -0.25) is 9.59 Å². The Morgan fingerprint density at radius 3 is 2.58 bits per heavy atom. The van der Waals surface area contributed by atoms with Gasteiger partial charge in [0.1, 0.15) is 17.4 Å². The fourth-order valence-electron chi connectivity index (χ4n) is 5.67. The Kier molecular flexibility index (Phi) is 7.51. The number of hydrogen-bond donors (Lipinski definition) is 2. The predicted molar refractivity (Wildman–Crippen MR) is 139 cm³/mol. The number of β-amino-alcohol motifs (C(OH)–C–C–N with tert-alkyl or cyclic N) is 1. The van der Waals surface area contributed by atoms with Gasteiger partial charge < -0.3 is 29.2 Å². The number of H-pyrrole nitrogens is 1. The van der Waals surface area contributed by atoms with E-state index in [2.05, 4.69) is 39.4 Å². The van der Waals surface area contributed by atoms with Crippen LogP contribution in [0.2, 0.25) is 0 Å². The molecular weight excluding hydrogens is 486 g/mol. The zero-order valence-corrected chi connectivity index (χ0v) is 22.0. The van der Waals surface area contributed by atoms with Gasteiger partial charge in [-0.25, -0.2) is 4.98 Å². The maximum absolute atomic E-state index is 13.7. The molecule has 2 aromatic heterocycles. The number of nitrogens with zero attached hydrogens (tertiary/aromatic N) is 4. The highest BCUT2D eigenvalue weighted by molar-refractivity contribution is 5.92. The number of likely N-dealkylation sites (tertiary alicyclic amines) is 2. The van der Waals surface area contributed by atoms with Gasteiger partial charge in [0.25, 0.3) is 11.8 Å². The number of piperidine rings is 1. The van der Waals surface area contributed by atoms with E-state index in [-0.39, 0.29) is 24.3 Å². The number of carbonyl (C=O) groups excluding carboxylic acids is 2. The number of ether oxygens (including phenoxy) is 1. The van der Waals surface area contributed by atoms with Crippen molar-refractivity contribution in [1.29, 1.82) is 0 Å². The number of aliphatic hydroxyl groups excluding tert-OH is 1. The zero-order valence-electron chi connectivity index (χ0n) is 22.0. The first-order valence-electron chi connectivity index (χ1n) is 13.2. The second kappa shape index (κ2) is 11.0. The predicted octanol–water partition coefficient (Wildman–Crippen LogP) is 3.50. The fourth-order valence-corrected chi connectivity index (χ4v) is 5.67. The van der Waals surface area contributed by atoms with Crippen molar-refractivity contribution in [1.82, 2.24) is 24.9 Å². The van der Waals surface area contributed by atoms with Crippen LogP contribution in [0, 0.1) is 5.92 Å². The molecular formula is C28H35N5O5. The number of carbonyl (C=O) groups is 2. The van der Waals surface area contributed by atoms with Crippen LogP contribution >= 0.6 is 0 Å². The van der Waals surface area contributed by atoms with Crippen LogP contribution in [0.15, 0.2) is 47.1 Å². The molecule has 2 saturated heterocycles. The van der Waals surface area contributed by atoms with Crippen molar-refractivity contribution in [2.75, 3.05) is 26.7 Å². The van der Waals surface area contributed by atoms with Gasteiger partial charge in [-0.15, -0.1) is 0 Å². The molecule has 1 unspecified atom stereocenters. The fraction of sp³-hybridized carbons (Fsp3) is 0.500. The van der Waals surface area contributed by atoms with E-state index in [1.165, 1.54) is 18.9 Å². The molecule has 0 spiro atoms. The number of aromatic amines is 1. The van der Waals surface area contributed by atoms with Crippen LogP contribution in [0.5, 0.6) is 5.88 Å². The normalized spacial score (nSPS) is 21.2. The summed E-state index contributed by atoms with van der Waals surface area (Å²) in [6.45, 7) is 5.40. The van der Waals surface area contributed by atoms with E-state index in [1.807, 2.05) is 24.8 Å². The molecule has 1 aromatic carbocycles. The average Bonchev–Trinajstić information content (AvgIpc) is 3.68. The first-order valence-corrected chi connectivity index (χ1v) is 13.2. The summed E-state index contributed by atoms with van der Waals surface area (Å²) in [4.78, 5) is 38.1. The highest BCUT2D eigenvalue weighted by Gasteiger charge is 2.42. The van der Waals surface area contributed by atoms with Crippen LogP contribution < -0.4 is 4.74 Å². The molecule has 10 heteroatoms. The summed E-state index contributed by atoms with van der Waals surface area (Å²) in [5, 5.41) is 14.3. The van der Waals surface area contributed by atoms with Gasteiger partial charge in [0, 0.05) is 32.1 Å². The molecule has 2 N–H and O–H groups in total. The first-order chi connectivity index (χ1) is 18.4. The SMILES string of the molecule is COc1cc(C(C(=O)N2C[C@H](O)C[C@H]2c2ncc(C(=O)N3CCC(c4ccccc4)CC3)[nH]2)C(C)C)on1.